The molecule has 0 unspecified atom stereocenters. The zero-order valence-corrected chi connectivity index (χ0v) is 9.62. The number of methoxy groups -OCH3 is 1. The van der Waals surface area contributed by atoms with Crippen LogP contribution in [0.3, 0.4) is 0 Å². The molecule has 0 radical (unpaired) electrons. The molecule has 1 aromatic rings. The molecule has 5 nitrogen and oxygen atoms in total. The van der Waals surface area contributed by atoms with Gasteiger partial charge in [0.15, 0.2) is 0 Å². The van der Waals surface area contributed by atoms with Crippen LogP contribution in [-0.2, 0) is 0 Å². The lowest BCUT2D eigenvalue weighted by molar-refractivity contribution is 0.0950. The minimum Gasteiger partial charge on any atom is -0.480 e. The molecule has 5 heteroatoms. The summed E-state index contributed by atoms with van der Waals surface area (Å²) in [7, 11) is 1.50. The highest BCUT2D eigenvalue weighted by Crippen LogP contribution is 2.12. The van der Waals surface area contributed by atoms with E-state index in [9.17, 15) is 4.79 Å². The molecule has 0 aliphatic rings. The van der Waals surface area contributed by atoms with Gasteiger partial charge in [-0.1, -0.05) is 6.92 Å². The van der Waals surface area contributed by atoms with Crippen molar-refractivity contribution >= 4 is 5.91 Å². The van der Waals surface area contributed by atoms with Crippen LogP contribution in [0.4, 0.5) is 0 Å². The van der Waals surface area contributed by atoms with Crippen molar-refractivity contribution in [2.45, 2.75) is 6.92 Å². The maximum Gasteiger partial charge on any atom is 0.256 e. The van der Waals surface area contributed by atoms with Gasteiger partial charge in [0.1, 0.15) is 5.56 Å². The van der Waals surface area contributed by atoms with Gasteiger partial charge in [0.05, 0.1) is 7.11 Å². The third-order valence-corrected chi connectivity index (χ3v) is 2.05. The number of hydrogen-bond acceptors (Lipinski definition) is 4. The lowest BCUT2D eigenvalue weighted by atomic mass is 10.2. The first-order valence-electron chi connectivity index (χ1n) is 5.27. The number of amides is 1. The Kier molecular flexibility index (Phi) is 5.28. The molecule has 16 heavy (non-hydrogen) atoms. The van der Waals surface area contributed by atoms with Crippen molar-refractivity contribution in [3.63, 3.8) is 0 Å². The molecule has 0 spiro atoms. The fourth-order valence-corrected chi connectivity index (χ4v) is 1.26. The number of pyridine rings is 1. The summed E-state index contributed by atoms with van der Waals surface area (Å²) >= 11 is 0. The topological polar surface area (TPSA) is 63.2 Å². The minimum atomic E-state index is -0.164. The number of ether oxygens (including phenoxy) is 1. The molecule has 0 fully saturated rings. The van der Waals surface area contributed by atoms with Gasteiger partial charge in [-0.2, -0.15) is 0 Å². The quantitative estimate of drug-likeness (QED) is 0.686. The van der Waals surface area contributed by atoms with Gasteiger partial charge < -0.3 is 15.4 Å². The van der Waals surface area contributed by atoms with Crippen LogP contribution in [0.2, 0.25) is 0 Å². The van der Waals surface area contributed by atoms with Crippen LogP contribution >= 0.6 is 0 Å². The number of carbonyl (C=O) groups is 1. The van der Waals surface area contributed by atoms with Crippen LogP contribution < -0.4 is 15.4 Å². The largest absolute Gasteiger partial charge is 0.480 e. The minimum absolute atomic E-state index is 0.164. The van der Waals surface area contributed by atoms with E-state index in [1.54, 1.807) is 18.3 Å². The highest BCUT2D eigenvalue weighted by molar-refractivity contribution is 5.96. The highest BCUT2D eigenvalue weighted by Gasteiger charge is 2.11. The van der Waals surface area contributed by atoms with Crippen molar-refractivity contribution in [1.82, 2.24) is 15.6 Å². The van der Waals surface area contributed by atoms with Gasteiger partial charge >= 0.3 is 0 Å². The third kappa shape index (κ3) is 3.51. The second kappa shape index (κ2) is 6.79. The number of hydrogen-bond donors (Lipinski definition) is 2. The summed E-state index contributed by atoms with van der Waals surface area (Å²) in [4.78, 5) is 15.7. The van der Waals surface area contributed by atoms with E-state index in [1.807, 2.05) is 6.92 Å². The fourth-order valence-electron chi connectivity index (χ4n) is 1.26. The Bertz CT molecular complexity index is 342. The van der Waals surface area contributed by atoms with E-state index in [0.717, 1.165) is 13.1 Å². The number of nitrogens with one attached hydrogen (secondary N) is 2. The van der Waals surface area contributed by atoms with Crippen molar-refractivity contribution in [2.24, 2.45) is 0 Å². The Morgan fingerprint density at radius 3 is 3.00 bits per heavy atom. The first kappa shape index (κ1) is 12.4. The summed E-state index contributed by atoms with van der Waals surface area (Å²) in [5.41, 5.74) is 0.460. The van der Waals surface area contributed by atoms with Gasteiger partial charge in [0.2, 0.25) is 5.88 Å². The Hall–Kier alpha value is -1.62. The second-order valence-corrected chi connectivity index (χ2v) is 3.17. The van der Waals surface area contributed by atoms with Crippen LogP contribution in [-0.4, -0.2) is 37.6 Å². The average Bonchev–Trinajstić information content (AvgIpc) is 2.34. The molecule has 1 amide bonds. The molecule has 0 bridgehead atoms. The summed E-state index contributed by atoms with van der Waals surface area (Å²) in [5.74, 6) is 0.186. The third-order valence-electron chi connectivity index (χ3n) is 2.05. The summed E-state index contributed by atoms with van der Waals surface area (Å²) in [5, 5.41) is 5.91. The molecule has 0 atom stereocenters. The Morgan fingerprint density at radius 2 is 2.31 bits per heavy atom. The number of nitrogens with zero attached hydrogens (tertiary/aromatic N) is 1. The molecule has 0 saturated heterocycles. The smallest absolute Gasteiger partial charge is 0.256 e. The zero-order chi connectivity index (χ0) is 11.8. The maximum atomic E-state index is 11.7. The number of rotatable bonds is 6. The Morgan fingerprint density at radius 1 is 1.50 bits per heavy atom. The number of carbonyl (C=O) groups excluding carboxylic acids is 1. The zero-order valence-electron chi connectivity index (χ0n) is 9.62. The Balaban J connectivity index is 2.52. The predicted octanol–water partition coefficient (Wildman–Crippen LogP) is 0.429. The van der Waals surface area contributed by atoms with E-state index in [-0.39, 0.29) is 5.91 Å². The molecule has 1 aromatic heterocycles. The number of aromatic nitrogens is 1. The highest BCUT2D eigenvalue weighted by atomic mass is 16.5. The van der Waals surface area contributed by atoms with Gasteiger partial charge in [-0.05, 0) is 18.7 Å². The van der Waals surface area contributed by atoms with E-state index < -0.39 is 0 Å². The van der Waals surface area contributed by atoms with Crippen molar-refractivity contribution in [3.8, 4) is 5.88 Å². The molecular weight excluding hydrogens is 206 g/mol. The van der Waals surface area contributed by atoms with Gasteiger partial charge in [-0.25, -0.2) is 4.98 Å². The molecule has 2 N–H and O–H groups in total. The van der Waals surface area contributed by atoms with Crippen molar-refractivity contribution < 1.29 is 9.53 Å². The Labute approximate surface area is 95.2 Å². The molecule has 88 valence electrons. The predicted molar refractivity (Wildman–Crippen MR) is 61.7 cm³/mol. The van der Waals surface area contributed by atoms with E-state index in [4.69, 9.17) is 4.74 Å². The van der Waals surface area contributed by atoms with E-state index in [0.29, 0.717) is 18.0 Å². The number of likely N-dealkylation sites (N-methyl/N-ethyl adjacent to an activating group) is 1. The summed E-state index contributed by atoms with van der Waals surface area (Å²) in [6.45, 7) is 4.26. The molecule has 1 heterocycles. The fraction of sp³-hybridized carbons (Fsp3) is 0.455. The van der Waals surface area contributed by atoms with Gasteiger partial charge in [-0.15, -0.1) is 0 Å². The molecule has 1 rings (SSSR count). The van der Waals surface area contributed by atoms with Crippen LogP contribution in [0.25, 0.3) is 0 Å². The molecule has 0 aliphatic carbocycles. The normalized spacial score (nSPS) is 9.88. The lowest BCUT2D eigenvalue weighted by Crippen LogP contribution is -2.32. The van der Waals surface area contributed by atoms with Crippen molar-refractivity contribution in [3.05, 3.63) is 23.9 Å². The van der Waals surface area contributed by atoms with E-state index in [1.165, 1.54) is 7.11 Å². The van der Waals surface area contributed by atoms with Gasteiger partial charge in [-0.3, -0.25) is 4.79 Å². The SMILES string of the molecule is CCNCCNC(=O)c1cccnc1OC. The maximum absolute atomic E-state index is 11.7. The van der Waals surface area contributed by atoms with E-state index in [2.05, 4.69) is 15.6 Å². The first-order valence-corrected chi connectivity index (χ1v) is 5.27. The monoisotopic (exact) mass is 223 g/mol. The standard InChI is InChI=1S/C11H17N3O2/c1-3-12-7-8-13-10(15)9-5-4-6-14-11(9)16-2/h4-6,12H,3,7-8H2,1-2H3,(H,13,15). The first-order chi connectivity index (χ1) is 7.79. The van der Waals surface area contributed by atoms with Crippen LogP contribution in [0.15, 0.2) is 18.3 Å². The second-order valence-electron chi connectivity index (χ2n) is 3.17. The van der Waals surface area contributed by atoms with E-state index >= 15 is 0 Å². The summed E-state index contributed by atoms with van der Waals surface area (Å²) in [6.07, 6.45) is 1.59. The summed E-state index contributed by atoms with van der Waals surface area (Å²) < 4.78 is 5.01. The van der Waals surface area contributed by atoms with Crippen molar-refractivity contribution in [1.29, 1.82) is 0 Å². The van der Waals surface area contributed by atoms with Crippen LogP contribution in [0.5, 0.6) is 5.88 Å². The molecular formula is C11H17N3O2. The van der Waals surface area contributed by atoms with Crippen LogP contribution in [0.1, 0.15) is 17.3 Å². The average molecular weight is 223 g/mol. The lowest BCUT2D eigenvalue weighted by Gasteiger charge is -2.08. The van der Waals surface area contributed by atoms with Crippen LogP contribution in [0, 0.1) is 0 Å². The molecule has 0 aliphatic heterocycles. The van der Waals surface area contributed by atoms with Gasteiger partial charge in [0, 0.05) is 19.3 Å². The summed E-state index contributed by atoms with van der Waals surface area (Å²) in [6, 6.07) is 3.40. The van der Waals surface area contributed by atoms with Gasteiger partial charge in [0.25, 0.3) is 5.91 Å². The molecule has 0 saturated carbocycles. The van der Waals surface area contributed by atoms with Crippen molar-refractivity contribution in [2.75, 3.05) is 26.7 Å². The molecule has 0 aromatic carbocycles.